The van der Waals surface area contributed by atoms with E-state index in [1.807, 2.05) is 6.07 Å². The van der Waals surface area contributed by atoms with E-state index < -0.39 is 22.1 Å². The first-order chi connectivity index (χ1) is 14.3. The number of rotatable bonds is 6. The smallest absolute Gasteiger partial charge is 0.330 e. The van der Waals surface area contributed by atoms with Crippen LogP contribution in [0.2, 0.25) is 0 Å². The number of nitrogens with one attached hydrogen (secondary N) is 1. The summed E-state index contributed by atoms with van der Waals surface area (Å²) in [6.45, 7) is 1.85. The largest absolute Gasteiger partial charge is 0.383 e. The van der Waals surface area contributed by atoms with Gasteiger partial charge in [0.25, 0.3) is 17.2 Å². The second-order valence-electron chi connectivity index (χ2n) is 6.42. The second kappa shape index (κ2) is 8.43. The summed E-state index contributed by atoms with van der Waals surface area (Å²) >= 11 is 0. The van der Waals surface area contributed by atoms with Crippen LogP contribution in [-0.2, 0) is 6.54 Å². The lowest BCUT2D eigenvalue weighted by atomic mass is 10.1. The number of carbonyl (C=O) groups is 1. The number of nitrogens with two attached hydrogens (primary N) is 1. The third kappa shape index (κ3) is 3.97. The molecular weight excluding hydrogens is 390 g/mol. The van der Waals surface area contributed by atoms with E-state index in [1.54, 1.807) is 31.2 Å². The summed E-state index contributed by atoms with van der Waals surface area (Å²) in [6, 6.07) is 14.0. The summed E-state index contributed by atoms with van der Waals surface area (Å²) in [7, 11) is 0. The quantitative estimate of drug-likeness (QED) is 0.469. The minimum Gasteiger partial charge on any atom is -0.383 e. The lowest BCUT2D eigenvalue weighted by Crippen LogP contribution is -2.41. The lowest BCUT2D eigenvalue weighted by Gasteiger charge is -2.23. The fraction of sp³-hybridized carbons (Fsp3) is 0.150. The number of hydrogen-bond acceptors (Lipinski definition) is 6. The number of amides is 1. The fourth-order valence-corrected chi connectivity index (χ4v) is 3.05. The number of aromatic amines is 1. The van der Waals surface area contributed by atoms with Gasteiger partial charge >= 0.3 is 5.69 Å². The molecule has 3 rings (SSSR count). The highest BCUT2D eigenvalue weighted by Gasteiger charge is 2.24. The van der Waals surface area contributed by atoms with Gasteiger partial charge in [0.05, 0.1) is 11.5 Å². The zero-order valence-electron chi connectivity index (χ0n) is 16.1. The van der Waals surface area contributed by atoms with Crippen LogP contribution in [0.4, 0.5) is 17.2 Å². The van der Waals surface area contributed by atoms with Crippen molar-refractivity contribution in [2.24, 2.45) is 0 Å². The average molecular weight is 409 g/mol. The molecule has 154 valence electrons. The standard InChI is InChI=1S/C20H19N5O5/c1-2-23(19(27)14-8-10-15(11-9-14)25(29)30)16-17(21)24(20(28)22-18(16)26)12-13-6-4-3-5-7-13/h3-11H,2,12,21H2,1H3,(H,22,26,28). The molecule has 0 saturated carbocycles. The van der Waals surface area contributed by atoms with Gasteiger partial charge in [-0.15, -0.1) is 0 Å². The maximum Gasteiger partial charge on any atom is 0.330 e. The van der Waals surface area contributed by atoms with Gasteiger partial charge in [-0.1, -0.05) is 30.3 Å². The predicted molar refractivity (Wildman–Crippen MR) is 112 cm³/mol. The van der Waals surface area contributed by atoms with E-state index in [0.29, 0.717) is 0 Å². The lowest BCUT2D eigenvalue weighted by molar-refractivity contribution is -0.384. The number of hydrogen-bond donors (Lipinski definition) is 2. The Bertz CT molecular complexity index is 1200. The molecule has 3 N–H and O–H groups in total. The number of benzene rings is 2. The summed E-state index contributed by atoms with van der Waals surface area (Å²) < 4.78 is 1.18. The SMILES string of the molecule is CCN(C(=O)c1ccc([N+](=O)[O-])cc1)c1c(N)n(Cc2ccccc2)c(=O)[nH]c1=O. The van der Waals surface area contributed by atoms with Crippen molar-refractivity contribution in [2.45, 2.75) is 13.5 Å². The summed E-state index contributed by atoms with van der Waals surface area (Å²) in [4.78, 5) is 51.4. The number of aromatic nitrogens is 2. The van der Waals surface area contributed by atoms with E-state index in [1.165, 1.54) is 28.8 Å². The predicted octanol–water partition coefficient (Wildman–Crippen LogP) is 1.74. The van der Waals surface area contributed by atoms with Crippen molar-refractivity contribution in [3.05, 3.63) is 96.7 Å². The summed E-state index contributed by atoms with van der Waals surface area (Å²) in [6.07, 6.45) is 0. The van der Waals surface area contributed by atoms with Crippen molar-refractivity contribution < 1.29 is 9.72 Å². The number of nitro groups is 1. The molecule has 0 aliphatic rings. The molecule has 0 aliphatic carbocycles. The normalized spacial score (nSPS) is 10.6. The molecule has 0 radical (unpaired) electrons. The van der Waals surface area contributed by atoms with Crippen molar-refractivity contribution in [3.63, 3.8) is 0 Å². The third-order valence-electron chi connectivity index (χ3n) is 4.55. The number of anilines is 2. The number of H-pyrrole nitrogens is 1. The molecule has 1 aromatic heterocycles. The number of non-ortho nitro benzene ring substituents is 1. The molecule has 30 heavy (non-hydrogen) atoms. The van der Waals surface area contributed by atoms with Crippen LogP contribution in [0, 0.1) is 10.1 Å². The molecule has 1 amide bonds. The monoisotopic (exact) mass is 409 g/mol. The Hall–Kier alpha value is -4.21. The molecule has 10 heteroatoms. The first kappa shape index (κ1) is 20.5. The molecule has 2 aromatic carbocycles. The Labute approximate surface area is 170 Å². The Morgan fingerprint density at radius 3 is 2.33 bits per heavy atom. The molecule has 0 aliphatic heterocycles. The molecule has 3 aromatic rings. The molecule has 0 unspecified atom stereocenters. The summed E-state index contributed by atoms with van der Waals surface area (Å²) in [5, 5.41) is 10.8. The maximum atomic E-state index is 13.0. The highest BCUT2D eigenvalue weighted by Crippen LogP contribution is 2.21. The van der Waals surface area contributed by atoms with E-state index in [0.717, 1.165) is 10.5 Å². The van der Waals surface area contributed by atoms with Gasteiger partial charge in [0.2, 0.25) is 0 Å². The topological polar surface area (TPSA) is 144 Å². The van der Waals surface area contributed by atoms with Crippen LogP contribution in [0.5, 0.6) is 0 Å². The number of carbonyl (C=O) groups excluding carboxylic acids is 1. The van der Waals surface area contributed by atoms with Gasteiger partial charge in [0, 0.05) is 24.2 Å². The minimum absolute atomic E-state index is 0.0899. The Kier molecular flexibility index (Phi) is 5.77. The molecular formula is C20H19N5O5. The zero-order valence-corrected chi connectivity index (χ0v) is 16.1. The number of nitro benzene ring substituents is 1. The van der Waals surface area contributed by atoms with Gasteiger partial charge in [-0.05, 0) is 24.6 Å². The fourth-order valence-electron chi connectivity index (χ4n) is 3.05. The van der Waals surface area contributed by atoms with E-state index in [4.69, 9.17) is 5.73 Å². The Morgan fingerprint density at radius 1 is 1.13 bits per heavy atom. The van der Waals surface area contributed by atoms with Gasteiger partial charge in [0.1, 0.15) is 5.82 Å². The van der Waals surface area contributed by atoms with Gasteiger partial charge in [-0.3, -0.25) is 29.3 Å². The van der Waals surface area contributed by atoms with Crippen LogP contribution >= 0.6 is 0 Å². The van der Waals surface area contributed by atoms with Crippen molar-refractivity contribution in [3.8, 4) is 0 Å². The molecule has 0 saturated heterocycles. The first-order valence-electron chi connectivity index (χ1n) is 9.06. The Morgan fingerprint density at radius 2 is 1.77 bits per heavy atom. The van der Waals surface area contributed by atoms with E-state index >= 15 is 0 Å². The van der Waals surface area contributed by atoms with Crippen LogP contribution in [0.3, 0.4) is 0 Å². The Balaban J connectivity index is 2.04. The molecule has 10 nitrogen and oxygen atoms in total. The van der Waals surface area contributed by atoms with Gasteiger partial charge < -0.3 is 10.6 Å². The molecule has 0 bridgehead atoms. The second-order valence-corrected chi connectivity index (χ2v) is 6.42. The number of nitrogens with zero attached hydrogens (tertiary/aromatic N) is 3. The van der Waals surface area contributed by atoms with E-state index in [-0.39, 0.29) is 35.8 Å². The van der Waals surface area contributed by atoms with Gasteiger partial charge in [-0.2, -0.15) is 0 Å². The van der Waals surface area contributed by atoms with Crippen LogP contribution in [-0.4, -0.2) is 26.9 Å². The summed E-state index contributed by atoms with van der Waals surface area (Å²) in [5.41, 5.74) is 5.27. The average Bonchev–Trinajstić information content (AvgIpc) is 2.74. The molecule has 0 atom stereocenters. The van der Waals surface area contributed by atoms with Crippen LogP contribution in [0.25, 0.3) is 0 Å². The van der Waals surface area contributed by atoms with Crippen molar-refractivity contribution in [1.82, 2.24) is 9.55 Å². The van der Waals surface area contributed by atoms with Crippen LogP contribution in [0.1, 0.15) is 22.8 Å². The first-order valence-corrected chi connectivity index (χ1v) is 9.06. The van der Waals surface area contributed by atoms with Crippen LogP contribution < -0.4 is 21.9 Å². The minimum atomic E-state index is -0.793. The van der Waals surface area contributed by atoms with Crippen molar-refractivity contribution in [2.75, 3.05) is 17.2 Å². The van der Waals surface area contributed by atoms with Crippen molar-refractivity contribution in [1.29, 1.82) is 0 Å². The molecule has 0 fully saturated rings. The van der Waals surface area contributed by atoms with Crippen LogP contribution in [0.15, 0.2) is 64.2 Å². The van der Waals surface area contributed by atoms with Gasteiger partial charge in [-0.25, -0.2) is 4.79 Å². The highest BCUT2D eigenvalue weighted by atomic mass is 16.6. The van der Waals surface area contributed by atoms with E-state index in [9.17, 15) is 24.5 Å². The van der Waals surface area contributed by atoms with E-state index in [2.05, 4.69) is 4.98 Å². The maximum absolute atomic E-state index is 13.0. The van der Waals surface area contributed by atoms with Crippen molar-refractivity contribution >= 4 is 23.1 Å². The molecule has 0 spiro atoms. The zero-order chi connectivity index (χ0) is 21.8. The summed E-state index contributed by atoms with van der Waals surface area (Å²) in [5.74, 6) is -0.723. The third-order valence-corrected chi connectivity index (χ3v) is 4.55. The van der Waals surface area contributed by atoms with Gasteiger partial charge in [0.15, 0.2) is 5.69 Å². The number of nitrogen functional groups attached to an aromatic ring is 1. The molecule has 1 heterocycles. The highest BCUT2D eigenvalue weighted by molar-refractivity contribution is 6.07.